The van der Waals surface area contributed by atoms with E-state index in [2.05, 4.69) is 11.1 Å². The van der Waals surface area contributed by atoms with Crippen molar-refractivity contribution in [3.8, 4) is 0 Å². The van der Waals surface area contributed by atoms with Crippen LogP contribution in [0, 0.1) is 0 Å². The van der Waals surface area contributed by atoms with E-state index >= 15 is 0 Å². The highest BCUT2D eigenvalue weighted by atomic mass is 35.5. The number of halogens is 1. The van der Waals surface area contributed by atoms with Crippen LogP contribution in [0.25, 0.3) is 0 Å². The second-order valence-electron chi connectivity index (χ2n) is 4.19. The van der Waals surface area contributed by atoms with E-state index in [4.69, 9.17) is 17.3 Å². The van der Waals surface area contributed by atoms with E-state index in [1.807, 2.05) is 31.2 Å². The molecule has 0 saturated heterocycles. The van der Waals surface area contributed by atoms with E-state index in [0.717, 1.165) is 21.2 Å². The summed E-state index contributed by atoms with van der Waals surface area (Å²) in [5, 5.41) is 0.773. The number of hydrogen-bond donors (Lipinski definition) is 1. The zero-order chi connectivity index (χ0) is 13.0. The third-order valence-electron chi connectivity index (χ3n) is 2.46. The molecule has 0 aliphatic carbocycles. The van der Waals surface area contributed by atoms with Crippen LogP contribution in [0.4, 0.5) is 0 Å². The Kier molecular flexibility index (Phi) is 4.64. The maximum atomic E-state index is 6.29. The molecular formula is C14H15ClN2S. The fourth-order valence-corrected chi connectivity index (χ4v) is 2.95. The van der Waals surface area contributed by atoms with Gasteiger partial charge in [-0.05, 0) is 37.1 Å². The standard InChI is InChI=1S/C14H15ClN2S/c1-10(16)9-11-3-2-4-13(15)14(11)18-12-5-7-17-8-6-12/h2-8,10H,9,16H2,1H3. The van der Waals surface area contributed by atoms with Crippen molar-refractivity contribution in [2.45, 2.75) is 29.2 Å². The summed E-state index contributed by atoms with van der Waals surface area (Å²) < 4.78 is 0. The second kappa shape index (κ2) is 6.23. The highest BCUT2D eigenvalue weighted by Gasteiger charge is 2.10. The van der Waals surface area contributed by atoms with Gasteiger partial charge in [0.2, 0.25) is 0 Å². The fourth-order valence-electron chi connectivity index (χ4n) is 1.70. The normalized spacial score (nSPS) is 12.4. The van der Waals surface area contributed by atoms with Gasteiger partial charge in [-0.2, -0.15) is 0 Å². The van der Waals surface area contributed by atoms with Gasteiger partial charge in [-0.15, -0.1) is 0 Å². The van der Waals surface area contributed by atoms with Gasteiger partial charge in [0.15, 0.2) is 0 Å². The summed E-state index contributed by atoms with van der Waals surface area (Å²) in [6.07, 6.45) is 4.39. The molecular weight excluding hydrogens is 264 g/mol. The molecule has 0 fully saturated rings. The SMILES string of the molecule is CC(N)Cc1cccc(Cl)c1Sc1ccncc1. The van der Waals surface area contributed by atoms with E-state index in [9.17, 15) is 0 Å². The molecule has 0 aliphatic rings. The lowest BCUT2D eigenvalue weighted by molar-refractivity contribution is 0.729. The zero-order valence-corrected chi connectivity index (χ0v) is 11.7. The lowest BCUT2D eigenvalue weighted by atomic mass is 10.1. The van der Waals surface area contributed by atoms with Gasteiger partial charge in [0.05, 0.1) is 5.02 Å². The van der Waals surface area contributed by atoms with Crippen LogP contribution in [-0.2, 0) is 6.42 Å². The molecule has 2 aromatic rings. The maximum Gasteiger partial charge on any atom is 0.0548 e. The van der Waals surface area contributed by atoms with Crippen LogP contribution in [0.3, 0.4) is 0 Å². The van der Waals surface area contributed by atoms with Gasteiger partial charge >= 0.3 is 0 Å². The molecule has 2 rings (SSSR count). The van der Waals surface area contributed by atoms with Gasteiger partial charge in [-0.25, -0.2) is 0 Å². The molecule has 0 radical (unpaired) electrons. The molecule has 2 nitrogen and oxygen atoms in total. The van der Waals surface area contributed by atoms with Gasteiger partial charge in [0, 0.05) is 28.2 Å². The quantitative estimate of drug-likeness (QED) is 0.925. The summed E-state index contributed by atoms with van der Waals surface area (Å²) in [5.41, 5.74) is 7.07. The molecule has 0 amide bonds. The maximum absolute atomic E-state index is 6.29. The molecule has 1 unspecified atom stereocenters. The van der Waals surface area contributed by atoms with Crippen molar-refractivity contribution in [1.29, 1.82) is 0 Å². The first-order valence-electron chi connectivity index (χ1n) is 5.77. The van der Waals surface area contributed by atoms with E-state index in [0.29, 0.717) is 0 Å². The van der Waals surface area contributed by atoms with E-state index in [1.165, 1.54) is 5.56 Å². The average Bonchev–Trinajstić information content (AvgIpc) is 2.34. The molecule has 1 aromatic heterocycles. The van der Waals surface area contributed by atoms with Crippen LogP contribution < -0.4 is 5.73 Å². The molecule has 0 saturated carbocycles. The fraction of sp³-hybridized carbons (Fsp3) is 0.214. The van der Waals surface area contributed by atoms with Crippen LogP contribution in [0.1, 0.15) is 12.5 Å². The largest absolute Gasteiger partial charge is 0.328 e. The van der Waals surface area contributed by atoms with Crippen molar-refractivity contribution in [2.75, 3.05) is 0 Å². The smallest absolute Gasteiger partial charge is 0.0548 e. The molecule has 1 atom stereocenters. The van der Waals surface area contributed by atoms with Gasteiger partial charge in [0.25, 0.3) is 0 Å². The van der Waals surface area contributed by atoms with E-state index < -0.39 is 0 Å². The molecule has 94 valence electrons. The minimum atomic E-state index is 0.125. The van der Waals surface area contributed by atoms with Crippen molar-refractivity contribution in [2.24, 2.45) is 5.73 Å². The molecule has 1 heterocycles. The second-order valence-corrected chi connectivity index (χ2v) is 5.69. The lowest BCUT2D eigenvalue weighted by Gasteiger charge is -2.12. The molecule has 18 heavy (non-hydrogen) atoms. The van der Waals surface area contributed by atoms with Gasteiger partial charge in [0.1, 0.15) is 0 Å². The predicted octanol–water partition coefficient (Wildman–Crippen LogP) is 3.78. The van der Waals surface area contributed by atoms with E-state index in [1.54, 1.807) is 24.2 Å². The average molecular weight is 279 g/mol. The summed E-state index contributed by atoms with van der Waals surface area (Å²) in [7, 11) is 0. The first-order chi connectivity index (χ1) is 8.66. The summed E-state index contributed by atoms with van der Waals surface area (Å²) >= 11 is 7.94. The van der Waals surface area contributed by atoms with Gasteiger partial charge in [-0.3, -0.25) is 4.98 Å². The van der Waals surface area contributed by atoms with E-state index in [-0.39, 0.29) is 6.04 Å². The minimum absolute atomic E-state index is 0.125. The number of rotatable bonds is 4. The van der Waals surface area contributed by atoms with Crippen molar-refractivity contribution in [1.82, 2.24) is 4.98 Å². The lowest BCUT2D eigenvalue weighted by Crippen LogP contribution is -2.18. The Labute approximate surface area is 117 Å². The topological polar surface area (TPSA) is 38.9 Å². The number of benzene rings is 1. The van der Waals surface area contributed by atoms with Crippen molar-refractivity contribution >= 4 is 23.4 Å². The molecule has 1 aromatic carbocycles. The highest BCUT2D eigenvalue weighted by molar-refractivity contribution is 7.99. The molecule has 4 heteroatoms. The molecule has 0 bridgehead atoms. The highest BCUT2D eigenvalue weighted by Crippen LogP contribution is 2.36. The third kappa shape index (κ3) is 3.48. The van der Waals surface area contributed by atoms with Crippen molar-refractivity contribution in [3.63, 3.8) is 0 Å². The Hall–Kier alpha value is -1.03. The summed E-state index contributed by atoms with van der Waals surface area (Å²) in [4.78, 5) is 6.23. The van der Waals surface area contributed by atoms with Crippen LogP contribution in [-0.4, -0.2) is 11.0 Å². The Morgan fingerprint density at radius 2 is 2.00 bits per heavy atom. The Bertz CT molecular complexity index is 514. The monoisotopic (exact) mass is 278 g/mol. The van der Waals surface area contributed by atoms with Crippen molar-refractivity contribution < 1.29 is 0 Å². The molecule has 0 spiro atoms. The zero-order valence-electron chi connectivity index (χ0n) is 10.1. The summed E-state index contributed by atoms with van der Waals surface area (Å²) in [5.74, 6) is 0. The first kappa shape index (κ1) is 13.4. The molecule has 0 aliphatic heterocycles. The molecule has 2 N–H and O–H groups in total. The number of nitrogens with zero attached hydrogens (tertiary/aromatic N) is 1. The third-order valence-corrected chi connectivity index (χ3v) is 4.08. The Morgan fingerprint density at radius 1 is 1.28 bits per heavy atom. The van der Waals surface area contributed by atoms with Crippen molar-refractivity contribution in [3.05, 3.63) is 53.3 Å². The van der Waals surface area contributed by atoms with Crippen LogP contribution >= 0.6 is 23.4 Å². The minimum Gasteiger partial charge on any atom is -0.328 e. The first-order valence-corrected chi connectivity index (χ1v) is 6.97. The predicted molar refractivity (Wildman–Crippen MR) is 77.2 cm³/mol. The Morgan fingerprint density at radius 3 is 2.67 bits per heavy atom. The Balaban J connectivity index is 2.31. The number of aromatic nitrogens is 1. The van der Waals surface area contributed by atoms with Crippen LogP contribution in [0.5, 0.6) is 0 Å². The number of pyridine rings is 1. The van der Waals surface area contributed by atoms with Gasteiger partial charge < -0.3 is 5.73 Å². The summed E-state index contributed by atoms with van der Waals surface area (Å²) in [6, 6.07) is 10.0. The number of hydrogen-bond acceptors (Lipinski definition) is 3. The summed E-state index contributed by atoms with van der Waals surface area (Å²) in [6.45, 7) is 2.00. The van der Waals surface area contributed by atoms with Crippen LogP contribution in [0.2, 0.25) is 5.02 Å². The number of nitrogens with two attached hydrogens (primary N) is 1. The van der Waals surface area contributed by atoms with Crippen LogP contribution in [0.15, 0.2) is 52.5 Å². The van der Waals surface area contributed by atoms with Gasteiger partial charge in [-0.1, -0.05) is 35.5 Å².